The molecule has 6 nitrogen and oxygen atoms in total. The number of rotatable bonds is 9. The Morgan fingerprint density at radius 1 is 1.22 bits per heavy atom. The predicted molar refractivity (Wildman–Crippen MR) is 130 cm³/mol. The summed E-state index contributed by atoms with van der Waals surface area (Å²) >= 11 is 7.50. The Bertz CT molecular complexity index is 1030. The largest absolute Gasteiger partial charge is 0.484 e. The van der Waals surface area contributed by atoms with E-state index in [9.17, 15) is 4.79 Å². The zero-order valence-corrected chi connectivity index (χ0v) is 19.8. The van der Waals surface area contributed by atoms with E-state index in [1.54, 1.807) is 40.5 Å². The van der Waals surface area contributed by atoms with E-state index in [1.807, 2.05) is 6.07 Å². The van der Waals surface area contributed by atoms with Crippen LogP contribution in [0.1, 0.15) is 18.9 Å². The van der Waals surface area contributed by atoms with Crippen molar-refractivity contribution >= 4 is 44.2 Å². The molecule has 0 spiro atoms. The lowest BCUT2D eigenvalue weighted by Gasteiger charge is -2.27. The first-order valence-electron chi connectivity index (χ1n) is 11.0. The molecule has 0 N–H and O–H groups in total. The second kappa shape index (κ2) is 11.1. The van der Waals surface area contributed by atoms with Gasteiger partial charge in [0.1, 0.15) is 5.75 Å². The summed E-state index contributed by atoms with van der Waals surface area (Å²) in [5.74, 6) is 0.518. The van der Waals surface area contributed by atoms with Crippen molar-refractivity contribution in [2.45, 2.75) is 19.8 Å². The van der Waals surface area contributed by atoms with Gasteiger partial charge in [-0.25, -0.2) is 4.98 Å². The number of thiazole rings is 1. The van der Waals surface area contributed by atoms with Crippen LogP contribution >= 0.6 is 22.9 Å². The maximum Gasteiger partial charge on any atom is 0.266 e. The van der Waals surface area contributed by atoms with Crippen molar-refractivity contribution in [2.75, 3.05) is 50.9 Å². The molecule has 8 heteroatoms. The van der Waals surface area contributed by atoms with Crippen LogP contribution in [0.25, 0.3) is 10.2 Å². The van der Waals surface area contributed by atoms with E-state index >= 15 is 0 Å². The van der Waals surface area contributed by atoms with Gasteiger partial charge in [-0.2, -0.15) is 0 Å². The van der Waals surface area contributed by atoms with E-state index in [4.69, 9.17) is 26.1 Å². The molecule has 2 aromatic carbocycles. The minimum absolute atomic E-state index is 0.0463. The number of nitrogens with zero attached hydrogens (tertiary/aromatic N) is 3. The van der Waals surface area contributed by atoms with E-state index in [-0.39, 0.29) is 12.5 Å². The zero-order valence-electron chi connectivity index (χ0n) is 18.3. The van der Waals surface area contributed by atoms with Gasteiger partial charge >= 0.3 is 0 Å². The number of fused-ring (bicyclic) bond motifs is 1. The van der Waals surface area contributed by atoms with E-state index in [0.717, 1.165) is 61.0 Å². The minimum Gasteiger partial charge on any atom is -0.484 e. The second-order valence-electron chi connectivity index (χ2n) is 7.75. The SMILES string of the molecule is CCc1ccc2nc(N(CCCN3CCOCC3)C(=O)COc3ccc(Cl)cc3)sc2c1. The highest BCUT2D eigenvalue weighted by Gasteiger charge is 2.21. The van der Waals surface area contributed by atoms with Crippen LogP contribution in [0.5, 0.6) is 5.75 Å². The number of morpholine rings is 1. The standard InChI is InChI=1S/C24H28ClN3O3S/c1-2-18-4-9-21-22(16-18)32-24(26-21)28(11-3-10-27-12-14-30-15-13-27)23(29)17-31-20-7-5-19(25)6-8-20/h4-9,16H,2-3,10-15,17H2,1H3. The molecule has 0 bridgehead atoms. The first-order chi connectivity index (χ1) is 15.6. The van der Waals surface area contributed by atoms with Gasteiger partial charge in [0, 0.05) is 31.2 Å². The number of anilines is 1. The van der Waals surface area contributed by atoms with Crippen molar-refractivity contribution in [3.05, 3.63) is 53.1 Å². The van der Waals surface area contributed by atoms with Crippen molar-refractivity contribution < 1.29 is 14.3 Å². The fourth-order valence-electron chi connectivity index (χ4n) is 3.65. The predicted octanol–water partition coefficient (Wildman–Crippen LogP) is 4.65. The molecule has 1 aromatic heterocycles. The third-order valence-electron chi connectivity index (χ3n) is 5.52. The van der Waals surface area contributed by atoms with E-state index < -0.39 is 0 Å². The third kappa shape index (κ3) is 5.98. The Morgan fingerprint density at radius 3 is 2.75 bits per heavy atom. The lowest BCUT2D eigenvalue weighted by Crippen LogP contribution is -2.40. The number of hydrogen-bond acceptors (Lipinski definition) is 6. The normalized spacial score (nSPS) is 14.6. The molecule has 32 heavy (non-hydrogen) atoms. The minimum atomic E-state index is -0.100. The smallest absolute Gasteiger partial charge is 0.266 e. The molecular formula is C24H28ClN3O3S. The third-order valence-corrected chi connectivity index (χ3v) is 6.81. The summed E-state index contributed by atoms with van der Waals surface area (Å²) in [6.07, 6.45) is 1.84. The lowest BCUT2D eigenvalue weighted by molar-refractivity contribution is -0.120. The van der Waals surface area contributed by atoms with Crippen molar-refractivity contribution in [1.29, 1.82) is 0 Å². The van der Waals surface area contributed by atoms with Gasteiger partial charge in [-0.3, -0.25) is 14.6 Å². The number of carbonyl (C=O) groups is 1. The maximum absolute atomic E-state index is 13.2. The van der Waals surface area contributed by atoms with Crippen LogP contribution < -0.4 is 9.64 Å². The highest BCUT2D eigenvalue weighted by Crippen LogP contribution is 2.30. The van der Waals surface area contributed by atoms with Crippen molar-refractivity contribution in [3.63, 3.8) is 0 Å². The van der Waals surface area contributed by atoms with Crippen LogP contribution in [-0.4, -0.2) is 61.8 Å². The summed E-state index contributed by atoms with van der Waals surface area (Å²) in [6.45, 7) is 7.04. The van der Waals surface area contributed by atoms with Gasteiger partial charge in [-0.15, -0.1) is 0 Å². The molecule has 2 heterocycles. The highest BCUT2D eigenvalue weighted by molar-refractivity contribution is 7.22. The van der Waals surface area contributed by atoms with Crippen molar-refractivity contribution in [1.82, 2.24) is 9.88 Å². The Morgan fingerprint density at radius 2 is 2.00 bits per heavy atom. The molecule has 0 radical (unpaired) electrons. The number of carbonyl (C=O) groups excluding carboxylic acids is 1. The quantitative estimate of drug-likeness (QED) is 0.453. The van der Waals surface area contributed by atoms with Crippen molar-refractivity contribution in [3.8, 4) is 5.75 Å². The van der Waals surface area contributed by atoms with Crippen LogP contribution in [0.4, 0.5) is 5.13 Å². The van der Waals surface area contributed by atoms with Gasteiger partial charge in [-0.05, 0) is 54.8 Å². The highest BCUT2D eigenvalue weighted by atomic mass is 35.5. The fourth-order valence-corrected chi connectivity index (χ4v) is 4.85. The van der Waals surface area contributed by atoms with E-state index in [1.165, 1.54) is 5.56 Å². The molecule has 1 amide bonds. The Balaban J connectivity index is 1.47. The van der Waals surface area contributed by atoms with Gasteiger partial charge in [0.25, 0.3) is 5.91 Å². The Hall–Kier alpha value is -2.19. The number of ether oxygens (including phenoxy) is 2. The molecule has 1 aliphatic heterocycles. The number of halogens is 1. The average Bonchev–Trinajstić information content (AvgIpc) is 3.24. The molecule has 4 rings (SSSR count). The number of hydrogen-bond donors (Lipinski definition) is 0. The van der Waals surface area contributed by atoms with Crippen LogP contribution in [0.2, 0.25) is 5.02 Å². The van der Waals surface area contributed by atoms with Crippen molar-refractivity contribution in [2.24, 2.45) is 0 Å². The monoisotopic (exact) mass is 473 g/mol. The second-order valence-corrected chi connectivity index (χ2v) is 9.19. The molecule has 0 aliphatic carbocycles. The molecule has 170 valence electrons. The Labute approximate surface area is 197 Å². The molecule has 1 aliphatic rings. The first-order valence-corrected chi connectivity index (χ1v) is 12.2. The number of aromatic nitrogens is 1. The van der Waals surface area contributed by atoms with Crippen LogP contribution in [0.3, 0.4) is 0 Å². The summed E-state index contributed by atoms with van der Waals surface area (Å²) in [6, 6.07) is 13.3. The summed E-state index contributed by atoms with van der Waals surface area (Å²) in [4.78, 5) is 22.1. The maximum atomic E-state index is 13.2. The molecule has 1 fully saturated rings. The average molecular weight is 474 g/mol. The van der Waals surface area contributed by atoms with E-state index in [2.05, 4.69) is 24.0 Å². The molecule has 3 aromatic rings. The molecule has 0 unspecified atom stereocenters. The topological polar surface area (TPSA) is 54.9 Å². The molecular weight excluding hydrogens is 446 g/mol. The number of amides is 1. The number of benzene rings is 2. The van der Waals surface area contributed by atoms with Gasteiger partial charge in [0.05, 0.1) is 23.4 Å². The summed E-state index contributed by atoms with van der Waals surface area (Å²) in [7, 11) is 0. The first kappa shape index (κ1) is 23.0. The number of aryl methyl sites for hydroxylation is 1. The molecule has 1 saturated heterocycles. The van der Waals surface area contributed by atoms with Crippen LogP contribution in [0.15, 0.2) is 42.5 Å². The molecule has 0 atom stereocenters. The van der Waals surface area contributed by atoms with Gasteiger partial charge in [0.15, 0.2) is 11.7 Å². The van der Waals surface area contributed by atoms with Crippen LogP contribution in [-0.2, 0) is 16.0 Å². The van der Waals surface area contributed by atoms with E-state index in [0.29, 0.717) is 17.3 Å². The van der Waals surface area contributed by atoms with Crippen LogP contribution in [0, 0.1) is 0 Å². The van der Waals surface area contributed by atoms with Gasteiger partial charge < -0.3 is 9.47 Å². The summed E-state index contributed by atoms with van der Waals surface area (Å²) in [5.41, 5.74) is 2.19. The molecule has 0 saturated carbocycles. The summed E-state index contributed by atoms with van der Waals surface area (Å²) < 4.78 is 12.3. The summed E-state index contributed by atoms with van der Waals surface area (Å²) in [5, 5.41) is 1.36. The Kier molecular flexibility index (Phi) is 7.97. The lowest BCUT2D eigenvalue weighted by atomic mass is 10.2. The van der Waals surface area contributed by atoms with Gasteiger partial charge in [-0.1, -0.05) is 35.9 Å². The zero-order chi connectivity index (χ0) is 22.3. The van der Waals surface area contributed by atoms with Gasteiger partial charge in [0.2, 0.25) is 0 Å². The fraction of sp³-hybridized carbons (Fsp3) is 0.417.